The quantitative estimate of drug-likeness (QED) is 0.910. The number of fused-ring (bicyclic) bond motifs is 1. The van der Waals surface area contributed by atoms with E-state index in [2.05, 4.69) is 6.07 Å². The Hall–Kier alpha value is -1.58. The Balaban J connectivity index is 1.83. The summed E-state index contributed by atoms with van der Waals surface area (Å²) in [6.45, 7) is 0.686. The third-order valence-electron chi connectivity index (χ3n) is 4.00. The minimum absolute atomic E-state index is 0.130. The van der Waals surface area contributed by atoms with Crippen molar-refractivity contribution in [3.63, 3.8) is 0 Å². The maximum atomic E-state index is 13.5. The highest BCUT2D eigenvalue weighted by atomic mass is 35.5. The molecule has 1 heterocycles. The molecule has 2 N–H and O–H groups in total. The van der Waals surface area contributed by atoms with Gasteiger partial charge in [0.25, 0.3) is 0 Å². The summed E-state index contributed by atoms with van der Waals surface area (Å²) in [6, 6.07) is 12.5. The minimum atomic E-state index is -0.419. The lowest BCUT2D eigenvalue weighted by Gasteiger charge is -2.28. The van der Waals surface area contributed by atoms with Gasteiger partial charge in [-0.2, -0.15) is 0 Å². The fourth-order valence-electron chi connectivity index (χ4n) is 2.90. The molecule has 110 valence electrons. The van der Waals surface area contributed by atoms with Crippen LogP contribution in [0.2, 0.25) is 5.02 Å². The van der Waals surface area contributed by atoms with Crippen LogP contribution in [-0.4, -0.2) is 6.61 Å². The molecule has 2 aromatic rings. The van der Waals surface area contributed by atoms with Gasteiger partial charge in [0.15, 0.2) is 0 Å². The molecule has 0 aliphatic carbocycles. The summed E-state index contributed by atoms with van der Waals surface area (Å²) in [5.41, 5.74) is 8.10. The second-order valence-corrected chi connectivity index (χ2v) is 5.74. The molecule has 0 fully saturated rings. The zero-order valence-electron chi connectivity index (χ0n) is 11.6. The van der Waals surface area contributed by atoms with E-state index in [-0.39, 0.29) is 11.1 Å². The van der Waals surface area contributed by atoms with Crippen LogP contribution in [0.1, 0.15) is 35.9 Å². The van der Waals surface area contributed by atoms with Crippen LogP contribution >= 0.6 is 11.6 Å². The number of halogens is 2. The topological polar surface area (TPSA) is 35.2 Å². The van der Waals surface area contributed by atoms with Crippen LogP contribution in [-0.2, 0) is 0 Å². The van der Waals surface area contributed by atoms with Gasteiger partial charge in [0.1, 0.15) is 11.6 Å². The van der Waals surface area contributed by atoms with Crippen molar-refractivity contribution in [2.75, 3.05) is 6.61 Å². The van der Waals surface area contributed by atoms with Crippen molar-refractivity contribution in [3.8, 4) is 5.75 Å². The van der Waals surface area contributed by atoms with E-state index in [1.54, 1.807) is 12.1 Å². The fourth-order valence-corrected chi connectivity index (χ4v) is 3.17. The third kappa shape index (κ3) is 2.89. The molecule has 0 bridgehead atoms. The van der Waals surface area contributed by atoms with Crippen molar-refractivity contribution in [3.05, 3.63) is 64.4 Å². The average Bonchev–Trinajstić information content (AvgIpc) is 2.50. The standard InChI is InChI=1S/C17H17ClFNO/c18-17-13(5-3-6-14(17)19)15(20)10-11-8-9-21-16-7-2-1-4-12(11)16/h1-7,11,15H,8-10,20H2. The first-order valence-corrected chi connectivity index (χ1v) is 7.46. The van der Waals surface area contributed by atoms with Crippen molar-refractivity contribution in [1.82, 2.24) is 0 Å². The van der Waals surface area contributed by atoms with E-state index in [4.69, 9.17) is 22.1 Å². The van der Waals surface area contributed by atoms with Crippen LogP contribution in [0.5, 0.6) is 5.75 Å². The number of hydrogen-bond donors (Lipinski definition) is 1. The van der Waals surface area contributed by atoms with Gasteiger partial charge >= 0.3 is 0 Å². The molecule has 21 heavy (non-hydrogen) atoms. The normalized spacial score (nSPS) is 18.7. The molecular weight excluding hydrogens is 289 g/mol. The van der Waals surface area contributed by atoms with Gasteiger partial charge in [0, 0.05) is 6.04 Å². The van der Waals surface area contributed by atoms with Gasteiger partial charge in [0.2, 0.25) is 0 Å². The first kappa shape index (κ1) is 14.4. The Bertz CT molecular complexity index is 646. The Morgan fingerprint density at radius 2 is 2.05 bits per heavy atom. The Morgan fingerprint density at radius 3 is 2.90 bits per heavy atom. The van der Waals surface area contributed by atoms with Gasteiger partial charge in [-0.3, -0.25) is 0 Å². The molecule has 2 aromatic carbocycles. The van der Waals surface area contributed by atoms with E-state index in [0.717, 1.165) is 18.6 Å². The maximum absolute atomic E-state index is 13.5. The van der Waals surface area contributed by atoms with Gasteiger partial charge in [0.05, 0.1) is 11.6 Å². The lowest BCUT2D eigenvalue weighted by molar-refractivity contribution is 0.259. The molecule has 1 aliphatic heterocycles. The number of para-hydroxylation sites is 1. The summed E-state index contributed by atoms with van der Waals surface area (Å²) in [4.78, 5) is 0. The Kier molecular flexibility index (Phi) is 4.13. The van der Waals surface area contributed by atoms with Crippen LogP contribution in [0.4, 0.5) is 4.39 Å². The molecule has 0 saturated heterocycles. The van der Waals surface area contributed by atoms with E-state index in [1.165, 1.54) is 11.6 Å². The van der Waals surface area contributed by atoms with Gasteiger partial charge < -0.3 is 10.5 Å². The molecule has 0 amide bonds. The van der Waals surface area contributed by atoms with Crippen LogP contribution < -0.4 is 10.5 Å². The Labute approximate surface area is 128 Å². The molecule has 4 heteroatoms. The van der Waals surface area contributed by atoms with Gasteiger partial charge in [-0.25, -0.2) is 4.39 Å². The molecule has 0 spiro atoms. The molecule has 2 atom stereocenters. The highest BCUT2D eigenvalue weighted by Gasteiger charge is 2.24. The lowest BCUT2D eigenvalue weighted by Crippen LogP contribution is -2.20. The van der Waals surface area contributed by atoms with Crippen LogP contribution in [0.3, 0.4) is 0 Å². The molecule has 0 radical (unpaired) electrons. The first-order chi connectivity index (χ1) is 10.2. The first-order valence-electron chi connectivity index (χ1n) is 7.08. The summed E-state index contributed by atoms with van der Waals surface area (Å²) in [5.74, 6) is 0.813. The zero-order chi connectivity index (χ0) is 14.8. The molecular formula is C17H17ClFNO. The fraction of sp³-hybridized carbons (Fsp3) is 0.294. The van der Waals surface area contributed by atoms with Gasteiger partial charge in [-0.05, 0) is 42.0 Å². The average molecular weight is 306 g/mol. The SMILES string of the molecule is NC(CC1CCOc2ccccc21)c1cccc(F)c1Cl. The van der Waals surface area contributed by atoms with Crippen LogP contribution in [0.25, 0.3) is 0 Å². The van der Waals surface area contributed by atoms with Crippen LogP contribution in [0, 0.1) is 5.82 Å². The number of ether oxygens (including phenoxy) is 1. The highest BCUT2D eigenvalue weighted by molar-refractivity contribution is 6.31. The molecule has 0 saturated carbocycles. The smallest absolute Gasteiger partial charge is 0.142 e. The van der Waals surface area contributed by atoms with Crippen molar-refractivity contribution >= 4 is 11.6 Å². The van der Waals surface area contributed by atoms with Gasteiger partial charge in [-0.15, -0.1) is 0 Å². The van der Waals surface area contributed by atoms with E-state index in [1.807, 2.05) is 18.2 Å². The number of hydrogen-bond acceptors (Lipinski definition) is 2. The summed E-state index contributed by atoms with van der Waals surface area (Å²) in [7, 11) is 0. The summed E-state index contributed by atoms with van der Waals surface area (Å²) < 4.78 is 19.2. The minimum Gasteiger partial charge on any atom is -0.493 e. The van der Waals surface area contributed by atoms with Crippen LogP contribution in [0.15, 0.2) is 42.5 Å². The highest BCUT2D eigenvalue weighted by Crippen LogP contribution is 2.39. The summed E-state index contributed by atoms with van der Waals surface area (Å²) >= 11 is 6.03. The Morgan fingerprint density at radius 1 is 1.24 bits per heavy atom. The van der Waals surface area contributed by atoms with E-state index in [0.29, 0.717) is 18.1 Å². The summed E-state index contributed by atoms with van der Waals surface area (Å²) in [5, 5.41) is 0.130. The maximum Gasteiger partial charge on any atom is 0.142 e. The van der Waals surface area contributed by atoms with Crippen molar-refractivity contribution < 1.29 is 9.13 Å². The van der Waals surface area contributed by atoms with Gasteiger partial charge in [-0.1, -0.05) is 41.9 Å². The molecule has 2 unspecified atom stereocenters. The van der Waals surface area contributed by atoms with Crippen molar-refractivity contribution in [1.29, 1.82) is 0 Å². The lowest BCUT2D eigenvalue weighted by atomic mass is 9.86. The second kappa shape index (κ2) is 6.04. The van der Waals surface area contributed by atoms with E-state index in [9.17, 15) is 4.39 Å². The number of benzene rings is 2. The van der Waals surface area contributed by atoms with Crippen molar-refractivity contribution in [2.24, 2.45) is 5.73 Å². The molecule has 1 aliphatic rings. The summed E-state index contributed by atoms with van der Waals surface area (Å²) in [6.07, 6.45) is 1.64. The molecule has 3 rings (SSSR count). The predicted octanol–water partition coefficient (Wildman–Crippen LogP) is 4.44. The number of nitrogens with two attached hydrogens (primary N) is 1. The predicted molar refractivity (Wildman–Crippen MR) is 82.3 cm³/mol. The molecule has 2 nitrogen and oxygen atoms in total. The van der Waals surface area contributed by atoms with E-state index < -0.39 is 5.82 Å². The van der Waals surface area contributed by atoms with E-state index >= 15 is 0 Å². The zero-order valence-corrected chi connectivity index (χ0v) is 12.3. The third-order valence-corrected chi connectivity index (χ3v) is 4.40. The monoisotopic (exact) mass is 305 g/mol. The second-order valence-electron chi connectivity index (χ2n) is 5.36. The largest absolute Gasteiger partial charge is 0.493 e. The molecule has 0 aromatic heterocycles. The van der Waals surface area contributed by atoms with Crippen molar-refractivity contribution in [2.45, 2.75) is 24.8 Å². The number of rotatable bonds is 3.